The molecule has 1 rings (SSSR count). The van der Waals surface area contributed by atoms with E-state index in [1.807, 2.05) is 6.92 Å². The molecule has 0 aromatic rings. The summed E-state index contributed by atoms with van der Waals surface area (Å²) in [5.74, 6) is 0.186. The molecule has 0 saturated carbocycles. The first kappa shape index (κ1) is 9.42. The van der Waals surface area contributed by atoms with Gasteiger partial charge in [-0.1, -0.05) is 6.08 Å². The maximum atomic E-state index is 10.8. The first-order valence-electron chi connectivity index (χ1n) is 4.23. The third kappa shape index (κ3) is 3.15. The van der Waals surface area contributed by atoms with Crippen LogP contribution in [0.4, 0.5) is 0 Å². The summed E-state index contributed by atoms with van der Waals surface area (Å²) >= 11 is 0. The second-order valence-electron chi connectivity index (χ2n) is 2.68. The molecule has 3 nitrogen and oxygen atoms in total. The third-order valence-corrected chi connectivity index (χ3v) is 1.74. The Labute approximate surface area is 72.4 Å². The number of carbonyl (C=O) groups excluding carboxylic acids is 1. The molecule has 3 heteroatoms. The van der Waals surface area contributed by atoms with Crippen molar-refractivity contribution in [3.8, 4) is 0 Å². The first-order valence-corrected chi connectivity index (χ1v) is 4.23. The van der Waals surface area contributed by atoms with Gasteiger partial charge in [0.1, 0.15) is 6.79 Å². The summed E-state index contributed by atoms with van der Waals surface area (Å²) in [6.45, 7) is 2.90. The Morgan fingerprint density at radius 1 is 1.67 bits per heavy atom. The largest absolute Gasteiger partial charge is 0.356 e. The van der Waals surface area contributed by atoms with Crippen LogP contribution in [0.15, 0.2) is 12.2 Å². The minimum absolute atomic E-state index is 0.0641. The van der Waals surface area contributed by atoms with E-state index in [0.29, 0.717) is 19.8 Å². The zero-order chi connectivity index (χ0) is 8.81. The maximum Gasteiger partial charge on any atom is 0.155 e. The van der Waals surface area contributed by atoms with Gasteiger partial charge < -0.3 is 9.47 Å². The van der Waals surface area contributed by atoms with Gasteiger partial charge in [-0.3, -0.25) is 4.79 Å². The van der Waals surface area contributed by atoms with Crippen LogP contribution < -0.4 is 0 Å². The summed E-state index contributed by atoms with van der Waals surface area (Å²) in [5, 5.41) is 0. The molecule has 1 atom stereocenters. The summed E-state index contributed by atoms with van der Waals surface area (Å²) < 4.78 is 10.3. The van der Waals surface area contributed by atoms with Crippen molar-refractivity contribution < 1.29 is 14.3 Å². The summed E-state index contributed by atoms with van der Waals surface area (Å²) in [7, 11) is 0. The second-order valence-corrected chi connectivity index (χ2v) is 2.68. The number of hydrogen-bond donors (Lipinski definition) is 0. The van der Waals surface area contributed by atoms with E-state index in [1.54, 1.807) is 12.2 Å². The number of hydrogen-bond acceptors (Lipinski definition) is 3. The molecule has 1 unspecified atom stereocenters. The average molecular weight is 170 g/mol. The molecule has 1 aliphatic carbocycles. The zero-order valence-corrected chi connectivity index (χ0v) is 7.29. The van der Waals surface area contributed by atoms with E-state index < -0.39 is 0 Å². The van der Waals surface area contributed by atoms with Crippen molar-refractivity contribution in [2.24, 2.45) is 0 Å². The molecular formula is C9H14O3. The van der Waals surface area contributed by atoms with Gasteiger partial charge in [-0.25, -0.2) is 0 Å². The van der Waals surface area contributed by atoms with Crippen molar-refractivity contribution in [3.05, 3.63) is 12.2 Å². The standard InChI is InChI=1S/C9H14O3/c1-2-11-7-12-9-5-3-8(10)4-6-9/h3,5,9H,2,4,6-7H2,1H3. The predicted octanol–water partition coefficient (Wildman–Crippen LogP) is 1.28. The molecule has 0 aromatic heterocycles. The minimum Gasteiger partial charge on any atom is -0.356 e. The number of rotatable bonds is 4. The normalized spacial score (nSPS) is 23.1. The lowest BCUT2D eigenvalue weighted by Crippen LogP contribution is -2.17. The van der Waals surface area contributed by atoms with Crippen LogP contribution in [0.5, 0.6) is 0 Å². The van der Waals surface area contributed by atoms with Gasteiger partial charge in [0, 0.05) is 13.0 Å². The summed E-state index contributed by atoms with van der Waals surface area (Å²) in [5.41, 5.74) is 0. The lowest BCUT2D eigenvalue weighted by atomic mass is 10.0. The molecule has 0 amide bonds. The number of allylic oxidation sites excluding steroid dienone is 1. The van der Waals surface area contributed by atoms with Crippen LogP contribution in [0.1, 0.15) is 19.8 Å². The number of ketones is 1. The van der Waals surface area contributed by atoms with E-state index in [-0.39, 0.29) is 11.9 Å². The zero-order valence-electron chi connectivity index (χ0n) is 7.29. The van der Waals surface area contributed by atoms with Gasteiger partial charge >= 0.3 is 0 Å². The third-order valence-electron chi connectivity index (χ3n) is 1.74. The molecule has 1 aliphatic rings. The Kier molecular flexibility index (Phi) is 3.97. The monoisotopic (exact) mass is 170 g/mol. The summed E-state index contributed by atoms with van der Waals surface area (Å²) in [6.07, 6.45) is 4.81. The van der Waals surface area contributed by atoms with E-state index in [9.17, 15) is 4.79 Å². The number of ether oxygens (including phenoxy) is 2. The van der Waals surface area contributed by atoms with Gasteiger partial charge in [0.25, 0.3) is 0 Å². The van der Waals surface area contributed by atoms with Crippen LogP contribution in [-0.2, 0) is 14.3 Å². The second kappa shape index (κ2) is 5.06. The predicted molar refractivity (Wildman–Crippen MR) is 44.7 cm³/mol. The van der Waals surface area contributed by atoms with E-state index in [1.165, 1.54) is 0 Å². The van der Waals surface area contributed by atoms with Crippen LogP contribution in [0.2, 0.25) is 0 Å². The topological polar surface area (TPSA) is 35.5 Å². The van der Waals surface area contributed by atoms with E-state index in [2.05, 4.69) is 0 Å². The Balaban J connectivity index is 2.17. The molecule has 0 heterocycles. The van der Waals surface area contributed by atoms with Crippen LogP contribution in [0.25, 0.3) is 0 Å². The summed E-state index contributed by atoms with van der Waals surface area (Å²) in [4.78, 5) is 10.8. The molecule has 0 spiro atoms. The molecule has 0 bridgehead atoms. The fourth-order valence-electron chi connectivity index (χ4n) is 1.04. The molecule has 0 fully saturated rings. The molecule has 0 aliphatic heterocycles. The smallest absolute Gasteiger partial charge is 0.155 e. The van der Waals surface area contributed by atoms with Gasteiger partial charge in [0.2, 0.25) is 0 Å². The highest BCUT2D eigenvalue weighted by Crippen LogP contribution is 2.10. The summed E-state index contributed by atoms with van der Waals surface area (Å²) in [6, 6.07) is 0. The average Bonchev–Trinajstić information content (AvgIpc) is 2.09. The van der Waals surface area contributed by atoms with E-state index >= 15 is 0 Å². The van der Waals surface area contributed by atoms with Gasteiger partial charge in [-0.15, -0.1) is 0 Å². The highest BCUT2D eigenvalue weighted by molar-refractivity contribution is 5.90. The van der Waals surface area contributed by atoms with Gasteiger partial charge in [0.05, 0.1) is 6.10 Å². The Morgan fingerprint density at radius 2 is 2.50 bits per heavy atom. The van der Waals surface area contributed by atoms with Crippen LogP contribution in [-0.4, -0.2) is 25.3 Å². The number of carbonyl (C=O) groups is 1. The Hall–Kier alpha value is -0.670. The quantitative estimate of drug-likeness (QED) is 0.471. The lowest BCUT2D eigenvalue weighted by Gasteiger charge is -2.15. The van der Waals surface area contributed by atoms with E-state index in [0.717, 1.165) is 6.42 Å². The fraction of sp³-hybridized carbons (Fsp3) is 0.667. The van der Waals surface area contributed by atoms with Gasteiger partial charge in [-0.05, 0) is 19.4 Å². The fourth-order valence-corrected chi connectivity index (χ4v) is 1.04. The first-order chi connectivity index (χ1) is 5.83. The van der Waals surface area contributed by atoms with E-state index in [4.69, 9.17) is 9.47 Å². The highest BCUT2D eigenvalue weighted by atomic mass is 16.7. The molecule has 0 radical (unpaired) electrons. The lowest BCUT2D eigenvalue weighted by molar-refractivity contribution is -0.117. The SMILES string of the molecule is CCOCOC1C=CC(=O)CC1. The molecule has 12 heavy (non-hydrogen) atoms. The highest BCUT2D eigenvalue weighted by Gasteiger charge is 2.12. The molecule has 68 valence electrons. The minimum atomic E-state index is 0.0641. The van der Waals surface area contributed by atoms with Crippen molar-refractivity contribution >= 4 is 5.78 Å². The Bertz CT molecular complexity index is 175. The van der Waals surface area contributed by atoms with Crippen LogP contribution in [0.3, 0.4) is 0 Å². The van der Waals surface area contributed by atoms with Crippen molar-refractivity contribution in [3.63, 3.8) is 0 Å². The molecule has 0 aromatic carbocycles. The van der Waals surface area contributed by atoms with Gasteiger partial charge in [0.15, 0.2) is 5.78 Å². The van der Waals surface area contributed by atoms with Crippen molar-refractivity contribution in [2.45, 2.75) is 25.9 Å². The Morgan fingerprint density at radius 3 is 3.08 bits per heavy atom. The van der Waals surface area contributed by atoms with Crippen molar-refractivity contribution in [1.29, 1.82) is 0 Å². The van der Waals surface area contributed by atoms with Crippen molar-refractivity contribution in [2.75, 3.05) is 13.4 Å². The maximum absolute atomic E-state index is 10.8. The molecular weight excluding hydrogens is 156 g/mol. The molecule has 0 N–H and O–H groups in total. The van der Waals surface area contributed by atoms with Crippen LogP contribution >= 0.6 is 0 Å². The van der Waals surface area contributed by atoms with Gasteiger partial charge in [-0.2, -0.15) is 0 Å². The molecule has 0 saturated heterocycles. The van der Waals surface area contributed by atoms with Crippen LogP contribution in [0, 0.1) is 0 Å². The van der Waals surface area contributed by atoms with Crippen molar-refractivity contribution in [1.82, 2.24) is 0 Å².